The monoisotopic (exact) mass is 389 g/mol. The first kappa shape index (κ1) is 17.9. The molecule has 0 unspecified atom stereocenters. The molecule has 3 aromatic rings. The molecule has 2 aromatic carbocycles. The Balaban J connectivity index is 1.63. The van der Waals surface area contributed by atoms with Crippen LogP contribution in [0.3, 0.4) is 0 Å². The number of benzene rings is 2. The summed E-state index contributed by atoms with van der Waals surface area (Å²) < 4.78 is 0.813. The van der Waals surface area contributed by atoms with E-state index in [1.54, 1.807) is 23.9 Å². The zero-order valence-corrected chi connectivity index (χ0v) is 16.1. The third kappa shape index (κ3) is 4.60. The number of nitrogens with zero attached hydrogens (tertiary/aromatic N) is 2. The van der Waals surface area contributed by atoms with E-state index in [1.165, 1.54) is 22.5 Å². The molecule has 128 valence electrons. The average molecular weight is 390 g/mol. The number of thioether (sulfide) groups is 1. The lowest BCUT2D eigenvalue weighted by Gasteiger charge is -2.04. The van der Waals surface area contributed by atoms with E-state index in [0.717, 1.165) is 15.7 Å². The van der Waals surface area contributed by atoms with Crippen LogP contribution >= 0.6 is 34.7 Å². The molecule has 0 atom stereocenters. The number of aryl methyl sites for hydroxylation is 2. The molecule has 1 heterocycles. The summed E-state index contributed by atoms with van der Waals surface area (Å²) in [5.74, 6) is 0.538. The molecule has 3 rings (SSSR count). The van der Waals surface area contributed by atoms with Crippen LogP contribution in [-0.4, -0.2) is 16.1 Å². The zero-order chi connectivity index (χ0) is 17.8. The van der Waals surface area contributed by atoms with E-state index in [-0.39, 0.29) is 5.91 Å². The highest BCUT2D eigenvalue weighted by molar-refractivity contribution is 8.00. The number of hydrogen-bond acceptors (Lipinski definition) is 5. The van der Waals surface area contributed by atoms with Gasteiger partial charge in [0.25, 0.3) is 5.91 Å². The minimum atomic E-state index is -0.281. The number of carbonyl (C=O) groups is 1. The molecule has 1 amide bonds. The summed E-state index contributed by atoms with van der Waals surface area (Å²) in [4.78, 5) is 12.3. The van der Waals surface area contributed by atoms with Crippen molar-refractivity contribution in [2.75, 3.05) is 5.32 Å². The molecule has 7 heteroatoms. The Hall–Kier alpha value is -1.89. The minimum absolute atomic E-state index is 0.281. The number of anilines is 1. The quantitative estimate of drug-likeness (QED) is 0.471. The van der Waals surface area contributed by atoms with Gasteiger partial charge in [-0.05, 0) is 42.7 Å². The van der Waals surface area contributed by atoms with Crippen molar-refractivity contribution in [2.45, 2.75) is 23.9 Å². The van der Waals surface area contributed by atoms with E-state index >= 15 is 0 Å². The van der Waals surface area contributed by atoms with Gasteiger partial charge in [0.1, 0.15) is 0 Å². The lowest BCUT2D eigenvalue weighted by atomic mass is 10.1. The number of rotatable bonds is 5. The largest absolute Gasteiger partial charge is 0.296 e. The highest BCUT2D eigenvalue weighted by Gasteiger charge is 2.13. The van der Waals surface area contributed by atoms with Crippen molar-refractivity contribution >= 4 is 45.7 Å². The van der Waals surface area contributed by atoms with Crippen molar-refractivity contribution in [2.24, 2.45) is 0 Å². The lowest BCUT2D eigenvalue weighted by molar-refractivity contribution is 0.102. The number of nitrogens with one attached hydrogen (secondary N) is 1. The Kier molecular flexibility index (Phi) is 5.73. The van der Waals surface area contributed by atoms with Crippen LogP contribution in [0.15, 0.2) is 46.8 Å². The normalized spacial score (nSPS) is 10.7. The summed E-state index contributed by atoms with van der Waals surface area (Å²) in [6.45, 7) is 4.02. The van der Waals surface area contributed by atoms with E-state index in [0.29, 0.717) is 15.7 Å². The van der Waals surface area contributed by atoms with Gasteiger partial charge in [-0.2, -0.15) is 0 Å². The lowest BCUT2D eigenvalue weighted by Crippen LogP contribution is -2.12. The van der Waals surface area contributed by atoms with Crippen molar-refractivity contribution < 1.29 is 4.79 Å². The van der Waals surface area contributed by atoms with E-state index in [2.05, 4.69) is 34.6 Å². The fourth-order valence-corrected chi connectivity index (χ4v) is 4.34. The molecule has 0 bridgehead atoms. The molecule has 0 fully saturated rings. The smallest absolute Gasteiger partial charge is 0.259 e. The summed E-state index contributed by atoms with van der Waals surface area (Å²) in [6, 6.07) is 13.6. The van der Waals surface area contributed by atoms with Gasteiger partial charge in [0.05, 0.1) is 10.6 Å². The van der Waals surface area contributed by atoms with E-state index < -0.39 is 0 Å². The van der Waals surface area contributed by atoms with E-state index in [4.69, 9.17) is 11.6 Å². The number of carbonyl (C=O) groups excluding carboxylic acids is 1. The van der Waals surface area contributed by atoms with Crippen LogP contribution in [-0.2, 0) is 5.75 Å². The molecule has 4 nitrogen and oxygen atoms in total. The SMILES string of the molecule is Cc1ccc(C(=O)Nc2nnc(SCc3ccccc3C)s2)c(Cl)c1. The molecule has 0 saturated carbocycles. The van der Waals surface area contributed by atoms with Crippen LogP contribution in [0.4, 0.5) is 5.13 Å². The van der Waals surface area contributed by atoms with Crippen LogP contribution in [0.5, 0.6) is 0 Å². The maximum absolute atomic E-state index is 12.3. The van der Waals surface area contributed by atoms with Gasteiger partial charge in [0, 0.05) is 5.75 Å². The molecule has 0 saturated heterocycles. The third-order valence-corrected chi connectivity index (χ3v) is 5.94. The highest BCUT2D eigenvalue weighted by Crippen LogP contribution is 2.29. The summed E-state index contributed by atoms with van der Waals surface area (Å²) >= 11 is 9.09. The molecule has 0 aliphatic rings. The third-order valence-electron chi connectivity index (χ3n) is 3.61. The summed E-state index contributed by atoms with van der Waals surface area (Å²) in [7, 11) is 0. The van der Waals surface area contributed by atoms with Crippen LogP contribution in [0, 0.1) is 13.8 Å². The van der Waals surface area contributed by atoms with Crippen LogP contribution in [0.1, 0.15) is 27.0 Å². The Morgan fingerprint density at radius 1 is 1.20 bits per heavy atom. The van der Waals surface area contributed by atoms with Crippen molar-refractivity contribution in [3.63, 3.8) is 0 Å². The number of halogens is 1. The van der Waals surface area contributed by atoms with Gasteiger partial charge >= 0.3 is 0 Å². The minimum Gasteiger partial charge on any atom is -0.296 e. The maximum Gasteiger partial charge on any atom is 0.259 e. The molecule has 1 aromatic heterocycles. The number of amides is 1. The van der Waals surface area contributed by atoms with Crippen molar-refractivity contribution in [3.05, 3.63) is 69.7 Å². The van der Waals surface area contributed by atoms with Crippen molar-refractivity contribution in [1.82, 2.24) is 10.2 Å². The van der Waals surface area contributed by atoms with E-state index in [1.807, 2.05) is 25.1 Å². The zero-order valence-electron chi connectivity index (χ0n) is 13.7. The first-order chi connectivity index (χ1) is 12.0. The molecular weight excluding hydrogens is 374 g/mol. The molecule has 1 N–H and O–H groups in total. The van der Waals surface area contributed by atoms with Gasteiger partial charge in [-0.15, -0.1) is 10.2 Å². The van der Waals surface area contributed by atoms with Gasteiger partial charge in [-0.3, -0.25) is 10.1 Å². The summed E-state index contributed by atoms with van der Waals surface area (Å²) in [6.07, 6.45) is 0. The van der Waals surface area contributed by atoms with Gasteiger partial charge in [0.2, 0.25) is 5.13 Å². The molecule has 0 radical (unpaired) electrons. The van der Waals surface area contributed by atoms with E-state index in [9.17, 15) is 4.79 Å². The molecule has 25 heavy (non-hydrogen) atoms. The van der Waals surface area contributed by atoms with Crippen LogP contribution in [0.2, 0.25) is 5.02 Å². The van der Waals surface area contributed by atoms with Crippen molar-refractivity contribution in [3.8, 4) is 0 Å². The van der Waals surface area contributed by atoms with Gasteiger partial charge < -0.3 is 0 Å². The standard InChI is InChI=1S/C18H16ClN3OS2/c1-11-7-8-14(15(19)9-11)16(23)20-17-21-22-18(25-17)24-10-13-6-4-3-5-12(13)2/h3-9H,10H2,1-2H3,(H,20,21,23). The summed E-state index contributed by atoms with van der Waals surface area (Å²) in [5.41, 5.74) is 3.95. The number of aromatic nitrogens is 2. The summed E-state index contributed by atoms with van der Waals surface area (Å²) in [5, 5.41) is 11.8. The topological polar surface area (TPSA) is 54.9 Å². The Bertz CT molecular complexity index is 911. The Labute approximate surface area is 159 Å². The predicted molar refractivity (Wildman–Crippen MR) is 105 cm³/mol. The second-order valence-electron chi connectivity index (χ2n) is 5.53. The fourth-order valence-electron chi connectivity index (χ4n) is 2.20. The van der Waals surface area contributed by atoms with Crippen LogP contribution in [0.25, 0.3) is 0 Å². The van der Waals surface area contributed by atoms with Crippen LogP contribution < -0.4 is 5.32 Å². The van der Waals surface area contributed by atoms with Gasteiger partial charge in [0.15, 0.2) is 4.34 Å². The maximum atomic E-state index is 12.3. The van der Waals surface area contributed by atoms with Gasteiger partial charge in [-0.25, -0.2) is 0 Å². The molecule has 0 spiro atoms. The fraction of sp³-hybridized carbons (Fsp3) is 0.167. The predicted octanol–water partition coefficient (Wildman–Crippen LogP) is 5.35. The molecule has 0 aliphatic heterocycles. The highest BCUT2D eigenvalue weighted by atomic mass is 35.5. The first-order valence-electron chi connectivity index (χ1n) is 7.61. The van der Waals surface area contributed by atoms with Crippen molar-refractivity contribution in [1.29, 1.82) is 0 Å². The Morgan fingerprint density at radius 3 is 2.76 bits per heavy atom. The second-order valence-corrected chi connectivity index (χ2v) is 8.13. The van der Waals surface area contributed by atoms with Gasteiger partial charge in [-0.1, -0.05) is 65.0 Å². The average Bonchev–Trinajstić information content (AvgIpc) is 3.01. The second kappa shape index (κ2) is 7.99. The molecular formula is C18H16ClN3OS2. The number of hydrogen-bond donors (Lipinski definition) is 1. The Morgan fingerprint density at radius 2 is 2.00 bits per heavy atom. The molecule has 0 aliphatic carbocycles. The first-order valence-corrected chi connectivity index (χ1v) is 9.79.